The van der Waals surface area contributed by atoms with Gasteiger partial charge >= 0.3 is 6.03 Å². The Labute approximate surface area is 203 Å². The van der Waals surface area contributed by atoms with Crippen molar-refractivity contribution >= 4 is 40.2 Å². The van der Waals surface area contributed by atoms with E-state index >= 15 is 0 Å². The standard InChI is InChI=1S/C25H28ClN7O/c1-15(2)20-13-22(32(5)31-25(34)28-19-11-16(3)27-21(26)12-19)29-24-23(20)17(4)30-33(24)14-18-9-7-6-8-10-18/h6-13,15H,14H2,1-5H3,(H2,27,28,31,34). The van der Waals surface area contributed by atoms with Gasteiger partial charge in [-0.2, -0.15) is 5.10 Å². The van der Waals surface area contributed by atoms with Gasteiger partial charge < -0.3 is 5.32 Å². The second kappa shape index (κ2) is 9.69. The molecule has 9 heteroatoms. The SMILES string of the molecule is Cc1cc(NC(=O)NN(C)c2cc(C(C)C)c3c(C)nn(Cc4ccccc4)c3n2)cc(Cl)n1. The van der Waals surface area contributed by atoms with Gasteiger partial charge in [-0.15, -0.1) is 0 Å². The lowest BCUT2D eigenvalue weighted by atomic mass is 9.99. The Balaban J connectivity index is 1.64. The minimum absolute atomic E-state index is 0.251. The summed E-state index contributed by atoms with van der Waals surface area (Å²) in [6.07, 6.45) is 0. The molecule has 1 aromatic carbocycles. The number of amides is 2. The average Bonchev–Trinajstić information content (AvgIpc) is 3.08. The molecule has 0 fully saturated rings. The van der Waals surface area contributed by atoms with Crippen LogP contribution in [0.15, 0.2) is 48.5 Å². The molecule has 0 bridgehead atoms. The number of nitrogens with zero attached hydrogens (tertiary/aromatic N) is 5. The summed E-state index contributed by atoms with van der Waals surface area (Å²) in [5.41, 5.74) is 8.08. The van der Waals surface area contributed by atoms with Crippen LogP contribution >= 0.6 is 11.6 Å². The smallest absolute Gasteiger partial charge is 0.306 e. The molecule has 0 unspecified atom stereocenters. The van der Waals surface area contributed by atoms with Crippen molar-refractivity contribution in [3.05, 3.63) is 76.2 Å². The number of carbonyl (C=O) groups is 1. The number of nitrogens with one attached hydrogen (secondary N) is 2. The number of aryl methyl sites for hydroxylation is 2. The van der Waals surface area contributed by atoms with Crippen LogP contribution in [0.25, 0.3) is 11.0 Å². The first-order chi connectivity index (χ1) is 16.2. The maximum Gasteiger partial charge on any atom is 0.338 e. The van der Waals surface area contributed by atoms with Gasteiger partial charge in [-0.05, 0) is 49.1 Å². The number of halogens is 1. The maximum atomic E-state index is 12.6. The van der Waals surface area contributed by atoms with Crippen LogP contribution in [-0.4, -0.2) is 32.8 Å². The Morgan fingerprint density at radius 3 is 2.53 bits per heavy atom. The molecule has 0 saturated carbocycles. The highest BCUT2D eigenvalue weighted by Gasteiger charge is 2.19. The number of rotatable bonds is 6. The fraction of sp³-hybridized carbons (Fsp3) is 0.280. The number of urea groups is 1. The number of anilines is 2. The molecule has 0 saturated heterocycles. The van der Waals surface area contributed by atoms with Gasteiger partial charge in [-0.1, -0.05) is 55.8 Å². The lowest BCUT2D eigenvalue weighted by Gasteiger charge is -2.21. The number of benzene rings is 1. The Morgan fingerprint density at radius 2 is 1.85 bits per heavy atom. The van der Waals surface area contributed by atoms with E-state index in [4.69, 9.17) is 21.7 Å². The van der Waals surface area contributed by atoms with Gasteiger partial charge in [-0.3, -0.25) is 5.01 Å². The third-order valence-electron chi connectivity index (χ3n) is 5.48. The van der Waals surface area contributed by atoms with E-state index in [1.807, 2.05) is 42.8 Å². The molecule has 4 aromatic rings. The Hall–Kier alpha value is -3.65. The van der Waals surface area contributed by atoms with E-state index in [0.29, 0.717) is 28.9 Å². The Bertz CT molecular complexity index is 1310. The minimum Gasteiger partial charge on any atom is -0.306 e. The normalized spacial score (nSPS) is 11.1. The van der Waals surface area contributed by atoms with E-state index < -0.39 is 6.03 Å². The summed E-state index contributed by atoms with van der Waals surface area (Å²) in [4.78, 5) is 21.6. The third kappa shape index (κ3) is 5.12. The molecule has 0 atom stereocenters. The molecular formula is C25H28ClN7O. The summed E-state index contributed by atoms with van der Waals surface area (Å²) in [5, 5.41) is 10.5. The van der Waals surface area contributed by atoms with Crippen molar-refractivity contribution in [2.24, 2.45) is 0 Å². The second-order valence-corrected chi connectivity index (χ2v) is 8.98. The number of hydrazine groups is 1. The van der Waals surface area contributed by atoms with Crippen LogP contribution in [0, 0.1) is 13.8 Å². The molecule has 176 valence electrons. The van der Waals surface area contributed by atoms with Crippen LogP contribution in [0.1, 0.15) is 42.3 Å². The molecule has 0 spiro atoms. The van der Waals surface area contributed by atoms with Gasteiger partial charge in [0.05, 0.1) is 12.2 Å². The van der Waals surface area contributed by atoms with Crippen molar-refractivity contribution in [1.29, 1.82) is 0 Å². The first kappa shape index (κ1) is 23.5. The molecule has 3 aromatic heterocycles. The fourth-order valence-electron chi connectivity index (χ4n) is 3.94. The number of pyridine rings is 2. The third-order valence-corrected chi connectivity index (χ3v) is 5.68. The summed E-state index contributed by atoms with van der Waals surface area (Å²) in [7, 11) is 1.76. The first-order valence-corrected chi connectivity index (χ1v) is 11.5. The largest absolute Gasteiger partial charge is 0.338 e. The molecule has 3 heterocycles. The number of fused-ring (bicyclic) bond motifs is 1. The van der Waals surface area contributed by atoms with Crippen molar-refractivity contribution in [3.8, 4) is 0 Å². The molecule has 8 nitrogen and oxygen atoms in total. The van der Waals surface area contributed by atoms with Crippen molar-refractivity contribution in [1.82, 2.24) is 25.2 Å². The first-order valence-electron chi connectivity index (χ1n) is 11.1. The van der Waals surface area contributed by atoms with E-state index in [1.54, 1.807) is 24.2 Å². The number of hydrogen-bond donors (Lipinski definition) is 2. The van der Waals surface area contributed by atoms with Crippen LogP contribution in [0.2, 0.25) is 5.15 Å². The summed E-state index contributed by atoms with van der Waals surface area (Å²) in [6, 6.07) is 15.1. The molecule has 34 heavy (non-hydrogen) atoms. The fourth-order valence-corrected chi connectivity index (χ4v) is 4.19. The van der Waals surface area contributed by atoms with E-state index in [0.717, 1.165) is 27.9 Å². The molecule has 2 amide bonds. The van der Waals surface area contributed by atoms with Gasteiger partial charge in [0, 0.05) is 23.8 Å². The average molecular weight is 478 g/mol. The van der Waals surface area contributed by atoms with E-state index in [-0.39, 0.29) is 5.92 Å². The topological polar surface area (TPSA) is 88.0 Å². The van der Waals surface area contributed by atoms with Gasteiger partial charge in [0.15, 0.2) is 5.65 Å². The van der Waals surface area contributed by atoms with Crippen molar-refractivity contribution in [3.63, 3.8) is 0 Å². The summed E-state index contributed by atoms with van der Waals surface area (Å²) < 4.78 is 1.92. The van der Waals surface area contributed by atoms with Crippen LogP contribution in [0.3, 0.4) is 0 Å². The number of carbonyl (C=O) groups excluding carboxylic acids is 1. The number of hydrogen-bond acceptors (Lipinski definition) is 5. The molecule has 0 aliphatic rings. The lowest BCUT2D eigenvalue weighted by molar-refractivity contribution is 0.251. The van der Waals surface area contributed by atoms with Crippen LogP contribution in [0.5, 0.6) is 0 Å². The predicted molar refractivity (Wildman–Crippen MR) is 136 cm³/mol. The van der Waals surface area contributed by atoms with Crippen LogP contribution < -0.4 is 15.8 Å². The summed E-state index contributed by atoms with van der Waals surface area (Å²) in [6.45, 7) is 8.71. The van der Waals surface area contributed by atoms with Crippen LogP contribution in [0.4, 0.5) is 16.3 Å². The van der Waals surface area contributed by atoms with E-state index in [9.17, 15) is 4.79 Å². The Morgan fingerprint density at radius 1 is 1.12 bits per heavy atom. The molecule has 0 radical (unpaired) electrons. The zero-order chi connectivity index (χ0) is 24.4. The monoisotopic (exact) mass is 477 g/mol. The van der Waals surface area contributed by atoms with E-state index in [1.165, 1.54) is 0 Å². The molecule has 4 rings (SSSR count). The van der Waals surface area contributed by atoms with Gasteiger partial charge in [-0.25, -0.2) is 24.9 Å². The van der Waals surface area contributed by atoms with Crippen molar-refractivity contribution < 1.29 is 4.79 Å². The highest BCUT2D eigenvalue weighted by Crippen LogP contribution is 2.30. The van der Waals surface area contributed by atoms with E-state index in [2.05, 4.69) is 41.7 Å². The van der Waals surface area contributed by atoms with Gasteiger partial charge in [0.25, 0.3) is 0 Å². The van der Waals surface area contributed by atoms with Gasteiger partial charge in [0.2, 0.25) is 0 Å². The highest BCUT2D eigenvalue weighted by atomic mass is 35.5. The quantitative estimate of drug-likeness (QED) is 0.285. The maximum absolute atomic E-state index is 12.6. The summed E-state index contributed by atoms with van der Waals surface area (Å²) in [5.74, 6) is 0.867. The Kier molecular flexibility index (Phi) is 6.70. The highest BCUT2D eigenvalue weighted by molar-refractivity contribution is 6.29. The molecule has 0 aliphatic carbocycles. The van der Waals surface area contributed by atoms with Gasteiger partial charge in [0.1, 0.15) is 11.0 Å². The lowest BCUT2D eigenvalue weighted by Crippen LogP contribution is -2.42. The minimum atomic E-state index is -0.411. The zero-order valence-corrected chi connectivity index (χ0v) is 20.7. The van der Waals surface area contributed by atoms with Crippen molar-refractivity contribution in [2.75, 3.05) is 17.4 Å². The molecule has 0 aliphatic heterocycles. The second-order valence-electron chi connectivity index (χ2n) is 8.60. The molecular weight excluding hydrogens is 450 g/mol. The molecule has 2 N–H and O–H groups in total. The number of aromatic nitrogens is 4. The van der Waals surface area contributed by atoms with Crippen molar-refractivity contribution in [2.45, 2.75) is 40.2 Å². The zero-order valence-electron chi connectivity index (χ0n) is 19.9. The summed E-state index contributed by atoms with van der Waals surface area (Å²) >= 11 is 6.00. The predicted octanol–water partition coefficient (Wildman–Crippen LogP) is 5.44. The van der Waals surface area contributed by atoms with Crippen LogP contribution in [-0.2, 0) is 6.54 Å².